The molecule has 0 radical (unpaired) electrons. The SMILES string of the molecule is COc1ccc2nc(-c3ccccc3)oc2c1. The van der Waals surface area contributed by atoms with Gasteiger partial charge in [-0.15, -0.1) is 0 Å². The Morgan fingerprint density at radius 3 is 2.65 bits per heavy atom. The van der Waals surface area contributed by atoms with E-state index in [1.54, 1.807) is 7.11 Å². The number of ether oxygens (including phenoxy) is 1. The van der Waals surface area contributed by atoms with Gasteiger partial charge >= 0.3 is 0 Å². The van der Waals surface area contributed by atoms with Crippen LogP contribution in [-0.2, 0) is 0 Å². The van der Waals surface area contributed by atoms with Crippen LogP contribution in [0.15, 0.2) is 52.9 Å². The van der Waals surface area contributed by atoms with Gasteiger partial charge in [0.25, 0.3) is 0 Å². The molecule has 17 heavy (non-hydrogen) atoms. The fourth-order valence-corrected chi connectivity index (χ4v) is 1.74. The minimum atomic E-state index is 0.633. The first-order valence-electron chi connectivity index (χ1n) is 5.37. The maximum Gasteiger partial charge on any atom is 0.227 e. The molecule has 1 aromatic heterocycles. The Bertz CT molecular complexity index is 644. The van der Waals surface area contributed by atoms with Crippen LogP contribution in [-0.4, -0.2) is 12.1 Å². The molecule has 0 unspecified atom stereocenters. The maximum absolute atomic E-state index is 5.71. The predicted molar refractivity (Wildman–Crippen MR) is 66.0 cm³/mol. The number of rotatable bonds is 2. The zero-order chi connectivity index (χ0) is 11.7. The van der Waals surface area contributed by atoms with E-state index in [2.05, 4.69) is 4.98 Å². The highest BCUT2D eigenvalue weighted by Gasteiger charge is 2.08. The van der Waals surface area contributed by atoms with E-state index in [0.717, 1.165) is 22.4 Å². The highest BCUT2D eigenvalue weighted by atomic mass is 16.5. The quantitative estimate of drug-likeness (QED) is 0.669. The van der Waals surface area contributed by atoms with E-state index in [1.165, 1.54) is 0 Å². The van der Waals surface area contributed by atoms with Crippen LogP contribution in [0.4, 0.5) is 0 Å². The van der Waals surface area contributed by atoms with Crippen LogP contribution in [0.1, 0.15) is 0 Å². The summed E-state index contributed by atoms with van der Waals surface area (Å²) in [7, 11) is 1.63. The summed E-state index contributed by atoms with van der Waals surface area (Å²) in [6.07, 6.45) is 0. The van der Waals surface area contributed by atoms with Crippen LogP contribution in [0.3, 0.4) is 0 Å². The number of aromatic nitrogens is 1. The van der Waals surface area contributed by atoms with Crippen molar-refractivity contribution >= 4 is 11.1 Å². The van der Waals surface area contributed by atoms with Crippen molar-refractivity contribution in [3.8, 4) is 17.2 Å². The molecule has 0 aliphatic carbocycles. The Morgan fingerprint density at radius 2 is 1.88 bits per heavy atom. The zero-order valence-electron chi connectivity index (χ0n) is 9.38. The Kier molecular flexibility index (Phi) is 2.29. The van der Waals surface area contributed by atoms with E-state index < -0.39 is 0 Å². The molecule has 3 aromatic rings. The molecule has 0 saturated carbocycles. The third-order valence-electron chi connectivity index (χ3n) is 2.62. The third kappa shape index (κ3) is 1.76. The van der Waals surface area contributed by atoms with Gasteiger partial charge in [-0.25, -0.2) is 4.98 Å². The van der Waals surface area contributed by atoms with Crippen molar-refractivity contribution in [2.75, 3.05) is 7.11 Å². The largest absolute Gasteiger partial charge is 0.497 e. The number of hydrogen-bond acceptors (Lipinski definition) is 3. The molecule has 0 atom stereocenters. The predicted octanol–water partition coefficient (Wildman–Crippen LogP) is 3.50. The zero-order valence-corrected chi connectivity index (χ0v) is 9.38. The number of methoxy groups -OCH3 is 1. The van der Waals surface area contributed by atoms with Crippen molar-refractivity contribution < 1.29 is 9.15 Å². The fourth-order valence-electron chi connectivity index (χ4n) is 1.74. The lowest BCUT2D eigenvalue weighted by atomic mass is 10.2. The van der Waals surface area contributed by atoms with Crippen LogP contribution in [0.5, 0.6) is 5.75 Å². The van der Waals surface area contributed by atoms with Gasteiger partial charge in [0.2, 0.25) is 5.89 Å². The topological polar surface area (TPSA) is 35.3 Å². The van der Waals surface area contributed by atoms with Crippen molar-refractivity contribution in [2.24, 2.45) is 0 Å². The minimum absolute atomic E-state index is 0.633. The minimum Gasteiger partial charge on any atom is -0.497 e. The number of hydrogen-bond donors (Lipinski definition) is 0. The molecule has 0 bridgehead atoms. The number of benzene rings is 2. The monoisotopic (exact) mass is 225 g/mol. The lowest BCUT2D eigenvalue weighted by molar-refractivity contribution is 0.414. The van der Waals surface area contributed by atoms with Gasteiger partial charge in [-0.1, -0.05) is 18.2 Å². The van der Waals surface area contributed by atoms with Crippen LogP contribution in [0.2, 0.25) is 0 Å². The van der Waals surface area contributed by atoms with Gasteiger partial charge in [-0.05, 0) is 24.3 Å². The molecule has 84 valence electrons. The fraction of sp³-hybridized carbons (Fsp3) is 0.0714. The summed E-state index contributed by atoms with van der Waals surface area (Å²) in [4.78, 5) is 4.44. The van der Waals surface area contributed by atoms with Crippen LogP contribution < -0.4 is 4.74 Å². The second-order valence-electron chi connectivity index (χ2n) is 3.72. The third-order valence-corrected chi connectivity index (χ3v) is 2.62. The van der Waals surface area contributed by atoms with Crippen molar-refractivity contribution in [3.63, 3.8) is 0 Å². The Balaban J connectivity index is 2.14. The van der Waals surface area contributed by atoms with Gasteiger partial charge in [-0.3, -0.25) is 0 Å². The van der Waals surface area contributed by atoms with Crippen molar-refractivity contribution in [1.82, 2.24) is 4.98 Å². The normalized spacial score (nSPS) is 10.6. The summed E-state index contributed by atoms with van der Waals surface area (Å²) in [6, 6.07) is 15.5. The highest BCUT2D eigenvalue weighted by Crippen LogP contribution is 2.26. The van der Waals surface area contributed by atoms with Crippen molar-refractivity contribution in [2.45, 2.75) is 0 Å². The Morgan fingerprint density at radius 1 is 1.06 bits per heavy atom. The molecule has 3 heteroatoms. The van der Waals surface area contributed by atoms with Gasteiger partial charge < -0.3 is 9.15 Å². The van der Waals surface area contributed by atoms with E-state index >= 15 is 0 Å². The van der Waals surface area contributed by atoms with E-state index in [-0.39, 0.29) is 0 Å². The number of nitrogens with zero attached hydrogens (tertiary/aromatic N) is 1. The van der Waals surface area contributed by atoms with E-state index in [0.29, 0.717) is 5.89 Å². The molecule has 0 aliphatic heterocycles. The average molecular weight is 225 g/mol. The van der Waals surface area contributed by atoms with Gasteiger partial charge in [0.15, 0.2) is 5.58 Å². The molecule has 0 amide bonds. The molecule has 1 heterocycles. The smallest absolute Gasteiger partial charge is 0.227 e. The molecule has 0 aliphatic rings. The lowest BCUT2D eigenvalue weighted by Crippen LogP contribution is -1.80. The van der Waals surface area contributed by atoms with Gasteiger partial charge in [0, 0.05) is 11.6 Å². The second-order valence-corrected chi connectivity index (χ2v) is 3.72. The molecule has 0 spiro atoms. The molecular weight excluding hydrogens is 214 g/mol. The van der Waals surface area contributed by atoms with E-state index in [1.807, 2.05) is 48.5 Å². The molecule has 0 N–H and O–H groups in total. The lowest BCUT2D eigenvalue weighted by Gasteiger charge is -1.95. The molecule has 2 aromatic carbocycles. The summed E-state index contributed by atoms with van der Waals surface area (Å²) in [5, 5.41) is 0. The number of oxazole rings is 1. The first-order valence-corrected chi connectivity index (χ1v) is 5.37. The summed E-state index contributed by atoms with van der Waals surface area (Å²) in [5.74, 6) is 1.40. The maximum atomic E-state index is 5.71. The van der Waals surface area contributed by atoms with E-state index in [9.17, 15) is 0 Å². The van der Waals surface area contributed by atoms with Gasteiger partial charge in [0.1, 0.15) is 11.3 Å². The van der Waals surface area contributed by atoms with Crippen LogP contribution in [0, 0.1) is 0 Å². The Hall–Kier alpha value is -2.29. The molecule has 3 rings (SSSR count). The summed E-state index contributed by atoms with van der Waals surface area (Å²) >= 11 is 0. The van der Waals surface area contributed by atoms with Crippen molar-refractivity contribution in [3.05, 3.63) is 48.5 Å². The molecule has 0 fully saturated rings. The second kappa shape index (κ2) is 3.94. The van der Waals surface area contributed by atoms with Crippen LogP contribution >= 0.6 is 0 Å². The molecular formula is C14H11NO2. The summed E-state index contributed by atoms with van der Waals surface area (Å²) in [6.45, 7) is 0. The molecule has 3 nitrogen and oxygen atoms in total. The highest BCUT2D eigenvalue weighted by molar-refractivity contribution is 5.77. The first-order chi connectivity index (χ1) is 8.36. The van der Waals surface area contributed by atoms with E-state index in [4.69, 9.17) is 9.15 Å². The Labute approximate surface area is 98.7 Å². The molecule has 0 saturated heterocycles. The van der Waals surface area contributed by atoms with Crippen LogP contribution in [0.25, 0.3) is 22.6 Å². The summed E-state index contributed by atoms with van der Waals surface area (Å²) < 4.78 is 10.9. The van der Waals surface area contributed by atoms with Gasteiger partial charge in [0.05, 0.1) is 7.11 Å². The number of fused-ring (bicyclic) bond motifs is 1. The standard InChI is InChI=1S/C14H11NO2/c1-16-11-7-8-12-13(9-11)17-14(15-12)10-5-3-2-4-6-10/h2-9H,1H3. The summed E-state index contributed by atoms with van der Waals surface area (Å²) in [5.41, 5.74) is 2.55. The first kappa shape index (κ1) is 9.90. The van der Waals surface area contributed by atoms with Gasteiger partial charge in [-0.2, -0.15) is 0 Å². The average Bonchev–Trinajstić information content (AvgIpc) is 2.82. The van der Waals surface area contributed by atoms with Crippen molar-refractivity contribution in [1.29, 1.82) is 0 Å².